The lowest BCUT2D eigenvalue weighted by Crippen LogP contribution is -2.12. The highest BCUT2D eigenvalue weighted by molar-refractivity contribution is 6.31. The van der Waals surface area contributed by atoms with Crippen molar-refractivity contribution in [3.63, 3.8) is 0 Å². The molecule has 2 aromatic rings. The van der Waals surface area contributed by atoms with Gasteiger partial charge in [-0.2, -0.15) is 0 Å². The molecule has 0 spiro atoms. The predicted octanol–water partition coefficient (Wildman–Crippen LogP) is 3.04. The molecule has 0 radical (unpaired) electrons. The predicted molar refractivity (Wildman–Crippen MR) is 81.7 cm³/mol. The van der Waals surface area contributed by atoms with E-state index in [-0.39, 0.29) is 18.0 Å². The average molecular weight is 303 g/mol. The van der Waals surface area contributed by atoms with Gasteiger partial charge in [-0.05, 0) is 36.4 Å². The van der Waals surface area contributed by atoms with Crippen molar-refractivity contribution >= 4 is 23.2 Å². The average Bonchev–Trinajstić information content (AvgIpc) is 2.47. The van der Waals surface area contributed by atoms with Crippen LogP contribution in [0, 0.1) is 17.7 Å². The van der Waals surface area contributed by atoms with Crippen LogP contribution in [-0.4, -0.2) is 12.5 Å². The lowest BCUT2D eigenvalue weighted by atomic mass is 10.1. The number of nitrogens with two attached hydrogens (primary N) is 1. The van der Waals surface area contributed by atoms with E-state index in [1.54, 1.807) is 24.3 Å². The van der Waals surface area contributed by atoms with Gasteiger partial charge >= 0.3 is 0 Å². The summed E-state index contributed by atoms with van der Waals surface area (Å²) in [5.41, 5.74) is 6.31. The number of hydrogen-bond donors (Lipinski definition) is 2. The Morgan fingerprint density at radius 2 is 2.10 bits per heavy atom. The smallest absolute Gasteiger partial charge is 0.255 e. The Hall–Kier alpha value is -2.35. The Bertz CT molecular complexity index is 735. The van der Waals surface area contributed by atoms with Crippen molar-refractivity contribution < 1.29 is 9.18 Å². The number of rotatable bonds is 2. The van der Waals surface area contributed by atoms with Gasteiger partial charge in [0.1, 0.15) is 5.82 Å². The Morgan fingerprint density at radius 3 is 2.81 bits per heavy atom. The molecule has 0 unspecified atom stereocenters. The van der Waals surface area contributed by atoms with Crippen molar-refractivity contribution in [1.29, 1.82) is 0 Å². The van der Waals surface area contributed by atoms with Crippen LogP contribution < -0.4 is 11.1 Å². The molecule has 0 aromatic heterocycles. The first-order valence-electron chi connectivity index (χ1n) is 6.15. The minimum Gasteiger partial charge on any atom is -0.322 e. The van der Waals surface area contributed by atoms with Crippen LogP contribution in [0.4, 0.5) is 10.1 Å². The van der Waals surface area contributed by atoms with Crippen molar-refractivity contribution in [2.45, 2.75) is 0 Å². The second kappa shape index (κ2) is 6.89. The number of anilines is 1. The Labute approximate surface area is 126 Å². The highest BCUT2D eigenvalue weighted by Gasteiger charge is 2.08. The molecular formula is C16H12ClFN2O. The molecule has 2 rings (SSSR count). The van der Waals surface area contributed by atoms with Gasteiger partial charge < -0.3 is 11.1 Å². The van der Waals surface area contributed by atoms with Crippen LogP contribution in [0.2, 0.25) is 5.02 Å². The summed E-state index contributed by atoms with van der Waals surface area (Å²) in [5, 5.41) is 3.13. The summed E-state index contributed by atoms with van der Waals surface area (Å²) in [6, 6.07) is 10.7. The monoisotopic (exact) mass is 302 g/mol. The third-order valence-corrected chi connectivity index (χ3v) is 2.87. The number of carbonyl (C=O) groups excluding carboxylic acids is 1. The van der Waals surface area contributed by atoms with E-state index in [9.17, 15) is 9.18 Å². The van der Waals surface area contributed by atoms with E-state index in [0.29, 0.717) is 16.3 Å². The first-order valence-corrected chi connectivity index (χ1v) is 6.53. The van der Waals surface area contributed by atoms with Crippen LogP contribution in [0.15, 0.2) is 42.5 Å². The minimum atomic E-state index is -0.461. The second-order valence-electron chi connectivity index (χ2n) is 4.16. The third kappa shape index (κ3) is 4.06. The van der Waals surface area contributed by atoms with Crippen LogP contribution >= 0.6 is 11.6 Å². The summed E-state index contributed by atoms with van der Waals surface area (Å²) in [5.74, 6) is 4.39. The lowest BCUT2D eigenvalue weighted by Gasteiger charge is -2.06. The number of halogens is 2. The molecule has 5 heteroatoms. The fraction of sp³-hybridized carbons (Fsp3) is 0.0625. The maximum atomic E-state index is 13.5. The number of amides is 1. The summed E-state index contributed by atoms with van der Waals surface area (Å²) in [4.78, 5) is 12.1. The van der Waals surface area contributed by atoms with Crippen molar-refractivity contribution in [3.05, 3.63) is 64.4 Å². The molecule has 0 bridgehead atoms. The Balaban J connectivity index is 2.21. The van der Waals surface area contributed by atoms with Gasteiger partial charge in [-0.1, -0.05) is 29.5 Å². The molecule has 0 aliphatic rings. The first kappa shape index (κ1) is 15.0. The number of benzene rings is 2. The van der Waals surface area contributed by atoms with Crippen molar-refractivity contribution in [3.8, 4) is 11.8 Å². The van der Waals surface area contributed by atoms with Crippen molar-refractivity contribution in [2.24, 2.45) is 5.73 Å². The van der Waals surface area contributed by atoms with E-state index in [2.05, 4.69) is 17.2 Å². The highest BCUT2D eigenvalue weighted by atomic mass is 35.5. The lowest BCUT2D eigenvalue weighted by molar-refractivity contribution is 0.102. The molecule has 0 fully saturated rings. The molecule has 1 amide bonds. The second-order valence-corrected chi connectivity index (χ2v) is 4.60. The van der Waals surface area contributed by atoms with Crippen LogP contribution in [0.25, 0.3) is 0 Å². The van der Waals surface area contributed by atoms with Gasteiger partial charge in [0, 0.05) is 16.3 Å². The summed E-state index contributed by atoms with van der Waals surface area (Å²) in [6.07, 6.45) is 0. The van der Waals surface area contributed by atoms with E-state index in [4.69, 9.17) is 17.3 Å². The van der Waals surface area contributed by atoms with Crippen molar-refractivity contribution in [1.82, 2.24) is 0 Å². The molecule has 0 saturated heterocycles. The summed E-state index contributed by atoms with van der Waals surface area (Å²) >= 11 is 5.84. The van der Waals surface area contributed by atoms with Crippen LogP contribution in [0.5, 0.6) is 0 Å². The van der Waals surface area contributed by atoms with Gasteiger partial charge in [0.25, 0.3) is 5.91 Å². The molecule has 106 valence electrons. The molecule has 0 atom stereocenters. The molecule has 3 N–H and O–H groups in total. The molecular weight excluding hydrogens is 291 g/mol. The fourth-order valence-electron chi connectivity index (χ4n) is 1.68. The van der Waals surface area contributed by atoms with Crippen molar-refractivity contribution in [2.75, 3.05) is 11.9 Å². The van der Waals surface area contributed by atoms with E-state index in [1.807, 2.05) is 0 Å². The molecule has 0 saturated carbocycles. The fourth-order valence-corrected chi connectivity index (χ4v) is 1.87. The summed E-state index contributed by atoms with van der Waals surface area (Å²) in [6.45, 7) is 0.137. The normalized spacial score (nSPS) is 9.67. The Kier molecular flexibility index (Phi) is 4.94. The van der Waals surface area contributed by atoms with Gasteiger partial charge in [-0.3, -0.25) is 4.79 Å². The van der Waals surface area contributed by atoms with Crippen LogP contribution in [-0.2, 0) is 0 Å². The maximum absolute atomic E-state index is 13.5. The largest absolute Gasteiger partial charge is 0.322 e. The number of hydrogen-bond acceptors (Lipinski definition) is 2. The molecule has 21 heavy (non-hydrogen) atoms. The number of carbonyl (C=O) groups is 1. The van der Waals surface area contributed by atoms with E-state index in [1.165, 1.54) is 18.2 Å². The van der Waals surface area contributed by atoms with Gasteiger partial charge in [-0.15, -0.1) is 0 Å². The van der Waals surface area contributed by atoms with Gasteiger partial charge in [0.15, 0.2) is 0 Å². The van der Waals surface area contributed by atoms with Gasteiger partial charge in [0.2, 0.25) is 0 Å². The maximum Gasteiger partial charge on any atom is 0.255 e. The zero-order valence-electron chi connectivity index (χ0n) is 11.0. The standard InChI is InChI=1S/C16H12ClFN2O/c17-13-5-1-3-12(9-13)16(21)20-14-6-7-15(18)11(10-14)4-2-8-19/h1,3,5-7,9-10H,8,19H2,(H,20,21). The zero-order valence-corrected chi connectivity index (χ0v) is 11.7. The minimum absolute atomic E-state index is 0.137. The topological polar surface area (TPSA) is 55.1 Å². The van der Waals surface area contributed by atoms with Crippen LogP contribution in [0.1, 0.15) is 15.9 Å². The van der Waals surface area contributed by atoms with E-state index >= 15 is 0 Å². The zero-order chi connectivity index (χ0) is 15.2. The summed E-state index contributed by atoms with van der Waals surface area (Å²) < 4.78 is 13.5. The molecule has 0 heterocycles. The van der Waals surface area contributed by atoms with E-state index in [0.717, 1.165) is 0 Å². The van der Waals surface area contributed by atoms with Crippen LogP contribution in [0.3, 0.4) is 0 Å². The number of nitrogens with one attached hydrogen (secondary N) is 1. The molecule has 2 aromatic carbocycles. The Morgan fingerprint density at radius 1 is 1.29 bits per heavy atom. The quantitative estimate of drug-likeness (QED) is 0.838. The molecule has 0 aliphatic heterocycles. The van der Waals surface area contributed by atoms with Gasteiger partial charge in [-0.25, -0.2) is 4.39 Å². The van der Waals surface area contributed by atoms with E-state index < -0.39 is 5.82 Å². The SMILES string of the molecule is NCC#Cc1cc(NC(=O)c2cccc(Cl)c2)ccc1F. The molecule has 0 aliphatic carbocycles. The highest BCUT2D eigenvalue weighted by Crippen LogP contribution is 2.16. The molecule has 3 nitrogen and oxygen atoms in total. The van der Waals surface area contributed by atoms with Gasteiger partial charge in [0.05, 0.1) is 12.1 Å². The third-order valence-electron chi connectivity index (χ3n) is 2.64. The summed E-state index contributed by atoms with van der Waals surface area (Å²) in [7, 11) is 0. The first-order chi connectivity index (χ1) is 10.1.